The van der Waals surface area contributed by atoms with E-state index in [1.807, 2.05) is 0 Å². The monoisotopic (exact) mass is 347 g/mol. The molecule has 1 fully saturated rings. The molecule has 0 saturated carbocycles. The van der Waals surface area contributed by atoms with Crippen LogP contribution >= 0.6 is 11.3 Å². The summed E-state index contributed by atoms with van der Waals surface area (Å²) < 4.78 is 10.7. The van der Waals surface area contributed by atoms with Gasteiger partial charge in [-0.1, -0.05) is 6.07 Å². The Morgan fingerprint density at radius 2 is 2.21 bits per heavy atom. The van der Waals surface area contributed by atoms with Crippen LogP contribution in [0, 0.1) is 0 Å². The minimum absolute atomic E-state index is 0.214. The lowest BCUT2D eigenvalue weighted by Crippen LogP contribution is -3.14. The number of ether oxygens (including phenoxy) is 2. The number of nitrogens with one attached hydrogen (secondary N) is 1. The largest absolute Gasteiger partial charge is 0.507 e. The van der Waals surface area contributed by atoms with E-state index in [0.717, 1.165) is 26.3 Å². The Kier molecular flexibility index (Phi) is 5.85. The van der Waals surface area contributed by atoms with Crippen molar-refractivity contribution < 1.29 is 19.5 Å². The van der Waals surface area contributed by atoms with Crippen molar-refractivity contribution in [3.05, 3.63) is 46.2 Å². The molecule has 24 heavy (non-hydrogen) atoms. The highest BCUT2D eigenvalue weighted by molar-refractivity contribution is 7.10. The van der Waals surface area contributed by atoms with Crippen molar-refractivity contribution in [1.82, 2.24) is 0 Å². The molecule has 5 nitrogen and oxygen atoms in total. The molecular formula is C18H23N2O3S+. The maximum absolute atomic E-state index is 9.96. The van der Waals surface area contributed by atoms with Gasteiger partial charge < -0.3 is 19.5 Å². The number of aromatic hydroxyl groups is 1. The summed E-state index contributed by atoms with van der Waals surface area (Å²) in [7, 11) is 1.61. The average molecular weight is 347 g/mol. The number of hydrogen-bond donors (Lipinski definition) is 2. The molecule has 0 aliphatic carbocycles. The molecule has 1 aliphatic heterocycles. The van der Waals surface area contributed by atoms with Crippen LogP contribution in [0.15, 0.2) is 40.7 Å². The molecule has 0 spiro atoms. The number of rotatable bonds is 6. The summed E-state index contributed by atoms with van der Waals surface area (Å²) in [5, 5.41) is 12.1. The molecular weight excluding hydrogens is 324 g/mol. The van der Waals surface area contributed by atoms with Crippen molar-refractivity contribution in [2.24, 2.45) is 4.99 Å². The zero-order valence-electron chi connectivity index (χ0n) is 13.8. The van der Waals surface area contributed by atoms with Crippen LogP contribution in [-0.2, 0) is 4.74 Å². The van der Waals surface area contributed by atoms with Crippen LogP contribution in [-0.4, -0.2) is 51.3 Å². The Morgan fingerprint density at radius 3 is 2.92 bits per heavy atom. The van der Waals surface area contributed by atoms with E-state index in [0.29, 0.717) is 23.9 Å². The Labute approximate surface area is 146 Å². The number of hydrogen-bond acceptors (Lipinski definition) is 5. The number of thiophene rings is 1. The fourth-order valence-electron chi connectivity index (χ4n) is 2.91. The fourth-order valence-corrected chi connectivity index (χ4v) is 3.79. The number of aliphatic imine (C=N–C) groups is 1. The van der Waals surface area contributed by atoms with Gasteiger partial charge in [0.05, 0.1) is 31.7 Å². The van der Waals surface area contributed by atoms with E-state index >= 15 is 0 Å². The molecule has 0 bridgehead atoms. The van der Waals surface area contributed by atoms with Gasteiger partial charge in [0.2, 0.25) is 0 Å². The summed E-state index contributed by atoms with van der Waals surface area (Å²) in [6, 6.07) is 9.75. The van der Waals surface area contributed by atoms with Gasteiger partial charge in [-0.2, -0.15) is 0 Å². The maximum atomic E-state index is 9.96. The van der Waals surface area contributed by atoms with Gasteiger partial charge in [-0.05, 0) is 29.6 Å². The first kappa shape index (κ1) is 17.0. The second-order valence-electron chi connectivity index (χ2n) is 5.76. The van der Waals surface area contributed by atoms with E-state index in [-0.39, 0.29) is 5.75 Å². The fraction of sp³-hybridized carbons (Fsp3) is 0.389. The molecule has 2 heterocycles. The van der Waals surface area contributed by atoms with Crippen molar-refractivity contribution in [3.8, 4) is 11.5 Å². The first-order valence-corrected chi connectivity index (χ1v) is 8.98. The van der Waals surface area contributed by atoms with Crippen LogP contribution in [0.1, 0.15) is 16.5 Å². The molecule has 2 aromatic rings. The molecule has 0 unspecified atom stereocenters. The van der Waals surface area contributed by atoms with Gasteiger partial charge in [0.1, 0.15) is 30.6 Å². The Bertz CT molecular complexity index is 667. The van der Waals surface area contributed by atoms with Crippen LogP contribution in [0.5, 0.6) is 11.5 Å². The predicted octanol–water partition coefficient (Wildman–Crippen LogP) is 1.54. The third-order valence-electron chi connectivity index (χ3n) is 4.27. The second-order valence-corrected chi connectivity index (χ2v) is 6.74. The van der Waals surface area contributed by atoms with E-state index in [9.17, 15) is 5.11 Å². The molecule has 1 aromatic heterocycles. The van der Waals surface area contributed by atoms with Gasteiger partial charge in [-0.15, -0.1) is 11.3 Å². The third kappa shape index (κ3) is 4.14. The predicted molar refractivity (Wildman–Crippen MR) is 95.7 cm³/mol. The number of nitrogens with zero attached hydrogens (tertiary/aromatic N) is 1. The van der Waals surface area contributed by atoms with Crippen molar-refractivity contribution >= 4 is 17.6 Å². The molecule has 1 aromatic carbocycles. The second kappa shape index (κ2) is 8.28. The van der Waals surface area contributed by atoms with Gasteiger partial charge >= 0.3 is 0 Å². The minimum Gasteiger partial charge on any atom is -0.507 e. The first-order chi connectivity index (χ1) is 11.8. The number of benzene rings is 1. The highest BCUT2D eigenvalue weighted by atomic mass is 32.1. The van der Waals surface area contributed by atoms with Crippen molar-refractivity contribution in [2.75, 3.05) is 40.0 Å². The maximum Gasteiger partial charge on any atom is 0.142 e. The van der Waals surface area contributed by atoms with Crippen LogP contribution < -0.4 is 9.64 Å². The van der Waals surface area contributed by atoms with E-state index < -0.39 is 0 Å². The Hall–Kier alpha value is -1.89. The third-order valence-corrected chi connectivity index (χ3v) is 5.25. The lowest BCUT2D eigenvalue weighted by atomic mass is 10.2. The van der Waals surface area contributed by atoms with Crippen LogP contribution in [0.3, 0.4) is 0 Å². The Balaban J connectivity index is 1.73. The zero-order chi connectivity index (χ0) is 16.8. The molecule has 6 heteroatoms. The number of phenolic OH excluding ortho intramolecular Hbond substituents is 1. The van der Waals surface area contributed by atoms with Gasteiger partial charge in [0.15, 0.2) is 0 Å². The molecule has 0 amide bonds. The lowest BCUT2D eigenvalue weighted by molar-refractivity contribution is -0.937. The molecule has 128 valence electrons. The summed E-state index contributed by atoms with van der Waals surface area (Å²) in [6.07, 6.45) is 1.73. The standard InChI is InChI=1S/C18H22N2O3S/c1-22-15-4-5-17(21)14(11-15)12-19-13-16(18-3-2-10-24-18)20-6-8-23-9-7-20/h2-5,10-12,16,21H,6-9,13H2,1H3/p+1/t16-/m1/s1. The normalized spacial score (nSPS) is 17.2. The minimum atomic E-state index is 0.214. The van der Waals surface area contributed by atoms with E-state index in [2.05, 4.69) is 22.5 Å². The lowest BCUT2D eigenvalue weighted by Gasteiger charge is -2.30. The number of quaternary nitrogens is 1. The molecule has 1 aliphatic rings. The molecule has 1 atom stereocenters. The molecule has 3 rings (SSSR count). The SMILES string of the molecule is COc1ccc(O)c(C=NC[C@H](c2cccs2)[NH+]2CCOCC2)c1. The highest BCUT2D eigenvalue weighted by Crippen LogP contribution is 2.22. The molecule has 2 N–H and O–H groups in total. The summed E-state index contributed by atoms with van der Waals surface area (Å²) >= 11 is 1.78. The van der Waals surface area contributed by atoms with Crippen molar-refractivity contribution in [3.63, 3.8) is 0 Å². The first-order valence-electron chi connectivity index (χ1n) is 8.10. The number of methoxy groups -OCH3 is 1. The topological polar surface area (TPSA) is 55.5 Å². The van der Waals surface area contributed by atoms with Crippen LogP contribution in [0.25, 0.3) is 0 Å². The average Bonchev–Trinajstić information content (AvgIpc) is 3.15. The molecule has 1 saturated heterocycles. The number of morpholine rings is 1. The summed E-state index contributed by atoms with van der Waals surface area (Å²) in [5.41, 5.74) is 0.677. The van der Waals surface area contributed by atoms with Crippen molar-refractivity contribution in [2.45, 2.75) is 6.04 Å². The number of phenols is 1. The quantitative estimate of drug-likeness (QED) is 0.780. The summed E-state index contributed by atoms with van der Waals surface area (Å²) in [5.74, 6) is 0.925. The van der Waals surface area contributed by atoms with Crippen molar-refractivity contribution in [1.29, 1.82) is 0 Å². The Morgan fingerprint density at radius 1 is 1.38 bits per heavy atom. The zero-order valence-corrected chi connectivity index (χ0v) is 14.6. The summed E-state index contributed by atoms with van der Waals surface area (Å²) in [4.78, 5) is 7.47. The van der Waals surface area contributed by atoms with Gasteiger partial charge in [0, 0.05) is 11.8 Å². The summed E-state index contributed by atoms with van der Waals surface area (Å²) in [6.45, 7) is 4.30. The highest BCUT2D eigenvalue weighted by Gasteiger charge is 2.26. The van der Waals surface area contributed by atoms with Gasteiger partial charge in [-0.3, -0.25) is 4.99 Å². The smallest absolute Gasteiger partial charge is 0.142 e. The van der Waals surface area contributed by atoms with E-state index in [4.69, 9.17) is 9.47 Å². The molecule has 0 radical (unpaired) electrons. The van der Waals surface area contributed by atoms with Gasteiger partial charge in [0.25, 0.3) is 0 Å². The van der Waals surface area contributed by atoms with E-state index in [1.54, 1.807) is 42.9 Å². The van der Waals surface area contributed by atoms with Crippen LogP contribution in [0.2, 0.25) is 0 Å². The van der Waals surface area contributed by atoms with Gasteiger partial charge in [-0.25, -0.2) is 0 Å². The van der Waals surface area contributed by atoms with Crippen LogP contribution in [0.4, 0.5) is 0 Å². The van der Waals surface area contributed by atoms with E-state index in [1.165, 1.54) is 9.78 Å².